The summed E-state index contributed by atoms with van der Waals surface area (Å²) in [5, 5.41) is 0. The van der Waals surface area contributed by atoms with E-state index in [1.54, 1.807) is 17.6 Å². The number of hydrogen-bond donors (Lipinski definition) is 0. The highest BCUT2D eigenvalue weighted by molar-refractivity contribution is 5.76. The SMILES string of the molecule is Cn1c(=O)n(CCc2ccccc2)c(=O)c2c1nc1oc(-c3ccccc3)cn12. The fraction of sp³-hybridized carbons (Fsp3) is 0.136. The number of aromatic nitrogens is 4. The zero-order valence-electron chi connectivity index (χ0n) is 15.8. The van der Waals surface area contributed by atoms with Gasteiger partial charge in [0, 0.05) is 19.2 Å². The Bertz CT molecular complexity index is 1440. The summed E-state index contributed by atoms with van der Waals surface area (Å²) in [7, 11) is 1.62. The van der Waals surface area contributed by atoms with Crippen molar-refractivity contribution < 1.29 is 4.42 Å². The van der Waals surface area contributed by atoms with Gasteiger partial charge in [-0.2, -0.15) is 4.98 Å². The Morgan fingerprint density at radius 3 is 2.38 bits per heavy atom. The lowest BCUT2D eigenvalue weighted by atomic mass is 10.1. The molecule has 0 spiro atoms. The summed E-state index contributed by atoms with van der Waals surface area (Å²) in [5.41, 5.74) is 1.85. The van der Waals surface area contributed by atoms with Crippen molar-refractivity contribution in [2.24, 2.45) is 7.05 Å². The van der Waals surface area contributed by atoms with Crippen LogP contribution in [0.5, 0.6) is 0 Å². The Kier molecular flexibility index (Phi) is 3.94. The average molecular weight is 386 g/mol. The topological polar surface area (TPSA) is 74.4 Å². The van der Waals surface area contributed by atoms with Crippen LogP contribution in [0, 0.1) is 0 Å². The first-order valence-corrected chi connectivity index (χ1v) is 9.34. The van der Waals surface area contributed by atoms with Crippen LogP contribution in [-0.4, -0.2) is 18.5 Å². The van der Waals surface area contributed by atoms with E-state index in [9.17, 15) is 9.59 Å². The van der Waals surface area contributed by atoms with Gasteiger partial charge in [-0.3, -0.25) is 18.3 Å². The molecule has 0 fully saturated rings. The van der Waals surface area contributed by atoms with Gasteiger partial charge in [0.15, 0.2) is 16.9 Å². The van der Waals surface area contributed by atoms with Gasteiger partial charge in [-0.25, -0.2) is 4.79 Å². The molecule has 0 saturated carbocycles. The molecule has 0 radical (unpaired) electrons. The standard InChI is InChI=1S/C22H18N4O3/c1-24-19-18(20(27)25(22(24)28)13-12-15-8-4-2-5-9-15)26-14-17(29-21(26)23-19)16-10-6-3-7-11-16/h2-11,14H,12-13H2,1H3. The molecule has 7 heteroatoms. The van der Waals surface area contributed by atoms with Gasteiger partial charge < -0.3 is 4.42 Å². The molecule has 0 aliphatic carbocycles. The van der Waals surface area contributed by atoms with E-state index in [1.807, 2.05) is 60.7 Å². The van der Waals surface area contributed by atoms with Crippen molar-refractivity contribution in [1.29, 1.82) is 0 Å². The number of benzene rings is 2. The van der Waals surface area contributed by atoms with E-state index in [0.29, 0.717) is 29.9 Å². The first-order valence-electron chi connectivity index (χ1n) is 9.34. The van der Waals surface area contributed by atoms with Gasteiger partial charge in [0.2, 0.25) is 0 Å². The van der Waals surface area contributed by atoms with Gasteiger partial charge in [0.25, 0.3) is 5.56 Å². The maximum Gasteiger partial charge on any atom is 0.332 e. The van der Waals surface area contributed by atoms with Crippen LogP contribution in [-0.2, 0) is 20.0 Å². The number of rotatable bonds is 4. The van der Waals surface area contributed by atoms with Crippen LogP contribution in [0.15, 0.2) is 80.9 Å². The third kappa shape index (κ3) is 2.79. The molecule has 0 bridgehead atoms. The maximum absolute atomic E-state index is 13.2. The van der Waals surface area contributed by atoms with Gasteiger partial charge in [0.05, 0.1) is 6.20 Å². The molecule has 144 valence electrons. The van der Waals surface area contributed by atoms with E-state index in [2.05, 4.69) is 4.98 Å². The molecule has 0 aliphatic heterocycles. The molecular weight excluding hydrogens is 368 g/mol. The Labute approximate surface area is 165 Å². The molecule has 3 heterocycles. The van der Waals surface area contributed by atoms with E-state index >= 15 is 0 Å². The van der Waals surface area contributed by atoms with Crippen molar-refractivity contribution in [2.75, 3.05) is 0 Å². The van der Waals surface area contributed by atoms with Gasteiger partial charge in [-0.05, 0) is 12.0 Å². The minimum absolute atomic E-state index is 0.284. The second-order valence-corrected chi connectivity index (χ2v) is 6.93. The van der Waals surface area contributed by atoms with E-state index < -0.39 is 0 Å². The monoisotopic (exact) mass is 386 g/mol. The second kappa shape index (κ2) is 6.63. The predicted molar refractivity (Wildman–Crippen MR) is 110 cm³/mol. The van der Waals surface area contributed by atoms with Crippen molar-refractivity contribution in [3.8, 4) is 11.3 Å². The summed E-state index contributed by atoms with van der Waals surface area (Å²) in [6, 6.07) is 19.4. The highest BCUT2D eigenvalue weighted by Gasteiger charge is 2.20. The van der Waals surface area contributed by atoms with Crippen molar-refractivity contribution in [1.82, 2.24) is 18.5 Å². The molecule has 0 unspecified atom stereocenters. The van der Waals surface area contributed by atoms with Crippen LogP contribution < -0.4 is 11.2 Å². The Hall–Kier alpha value is -3.87. The van der Waals surface area contributed by atoms with Gasteiger partial charge >= 0.3 is 11.5 Å². The minimum Gasteiger partial charge on any atom is -0.423 e. The van der Waals surface area contributed by atoms with Crippen molar-refractivity contribution >= 4 is 17.0 Å². The van der Waals surface area contributed by atoms with Crippen molar-refractivity contribution in [3.63, 3.8) is 0 Å². The highest BCUT2D eigenvalue weighted by Crippen LogP contribution is 2.24. The summed E-state index contributed by atoms with van der Waals surface area (Å²) in [4.78, 5) is 30.3. The van der Waals surface area contributed by atoms with E-state index in [0.717, 1.165) is 11.1 Å². The average Bonchev–Trinajstić information content (AvgIpc) is 3.32. The van der Waals surface area contributed by atoms with Crippen LogP contribution in [0.25, 0.3) is 28.3 Å². The molecule has 0 saturated heterocycles. The van der Waals surface area contributed by atoms with E-state index in [1.165, 1.54) is 9.13 Å². The number of aryl methyl sites for hydroxylation is 2. The molecular formula is C22H18N4O3. The molecule has 0 amide bonds. The normalized spacial score (nSPS) is 11.5. The lowest BCUT2D eigenvalue weighted by molar-refractivity contribution is 0.601. The molecule has 7 nitrogen and oxygen atoms in total. The zero-order chi connectivity index (χ0) is 20.0. The number of imidazole rings is 1. The fourth-order valence-corrected chi connectivity index (χ4v) is 3.57. The summed E-state index contributed by atoms with van der Waals surface area (Å²) < 4.78 is 10.1. The first kappa shape index (κ1) is 17.2. The lowest BCUT2D eigenvalue weighted by Gasteiger charge is -2.08. The lowest BCUT2D eigenvalue weighted by Crippen LogP contribution is -2.39. The molecule has 2 aromatic carbocycles. The summed E-state index contributed by atoms with van der Waals surface area (Å²) in [5.74, 6) is 0.894. The number of hydrogen-bond acceptors (Lipinski definition) is 4. The van der Waals surface area contributed by atoms with E-state index in [-0.39, 0.29) is 17.1 Å². The first-order chi connectivity index (χ1) is 14.1. The van der Waals surface area contributed by atoms with Crippen LogP contribution in [0.3, 0.4) is 0 Å². The number of oxazole rings is 1. The molecule has 3 aromatic heterocycles. The second-order valence-electron chi connectivity index (χ2n) is 6.93. The predicted octanol–water partition coefficient (Wildman–Crippen LogP) is 2.85. The van der Waals surface area contributed by atoms with E-state index in [4.69, 9.17) is 4.42 Å². The van der Waals surface area contributed by atoms with Gasteiger partial charge in [-0.1, -0.05) is 60.7 Å². The smallest absolute Gasteiger partial charge is 0.332 e. The Morgan fingerprint density at radius 1 is 0.966 bits per heavy atom. The molecule has 5 rings (SSSR count). The van der Waals surface area contributed by atoms with Crippen LogP contribution in [0.1, 0.15) is 5.56 Å². The number of nitrogens with zero attached hydrogens (tertiary/aromatic N) is 4. The van der Waals surface area contributed by atoms with Crippen molar-refractivity contribution in [3.05, 3.63) is 93.3 Å². The molecule has 5 aromatic rings. The third-order valence-corrected chi connectivity index (χ3v) is 5.12. The summed E-state index contributed by atoms with van der Waals surface area (Å²) in [6.45, 7) is 0.294. The third-order valence-electron chi connectivity index (χ3n) is 5.12. The maximum atomic E-state index is 13.2. The Morgan fingerprint density at radius 2 is 1.66 bits per heavy atom. The largest absolute Gasteiger partial charge is 0.423 e. The number of fused-ring (bicyclic) bond motifs is 3. The molecule has 0 N–H and O–H groups in total. The quantitative estimate of drug-likeness (QED) is 0.476. The molecule has 29 heavy (non-hydrogen) atoms. The van der Waals surface area contributed by atoms with Gasteiger partial charge in [-0.15, -0.1) is 0 Å². The minimum atomic E-state index is -0.387. The summed E-state index contributed by atoms with van der Waals surface area (Å²) >= 11 is 0. The van der Waals surface area contributed by atoms with Crippen LogP contribution in [0.4, 0.5) is 0 Å². The highest BCUT2D eigenvalue weighted by atomic mass is 16.4. The molecule has 0 aliphatic rings. The zero-order valence-corrected chi connectivity index (χ0v) is 15.8. The molecule has 0 atom stereocenters. The fourth-order valence-electron chi connectivity index (χ4n) is 3.57. The van der Waals surface area contributed by atoms with Crippen LogP contribution >= 0.6 is 0 Å². The van der Waals surface area contributed by atoms with Gasteiger partial charge in [0.1, 0.15) is 0 Å². The Balaban J connectivity index is 1.66. The van der Waals surface area contributed by atoms with Crippen molar-refractivity contribution in [2.45, 2.75) is 13.0 Å². The summed E-state index contributed by atoms with van der Waals surface area (Å²) in [6.07, 6.45) is 2.33. The van der Waals surface area contributed by atoms with Crippen LogP contribution in [0.2, 0.25) is 0 Å².